The lowest BCUT2D eigenvalue weighted by Crippen LogP contribution is -2.17. The van der Waals surface area contributed by atoms with E-state index in [0.29, 0.717) is 6.42 Å². The zero-order chi connectivity index (χ0) is 18.2. The number of halogens is 4. The normalized spacial score (nSPS) is 21.0. The highest BCUT2D eigenvalue weighted by Crippen LogP contribution is 2.31. The van der Waals surface area contributed by atoms with E-state index in [9.17, 15) is 13.2 Å². The number of hydrogen-bond acceptors (Lipinski definition) is 1. The molecule has 1 aromatic carbocycles. The lowest BCUT2D eigenvalue weighted by molar-refractivity contribution is -0.274. The summed E-state index contributed by atoms with van der Waals surface area (Å²) in [5.74, 6) is 1.74. The standard InChI is InChI=1S/C10H20.C9H8ClF3O/c1-3-4-10-7-5-9(2)6-8-10;1-2-6-3-4-8(7(10)5-6)14-9(11,12)13/h9-10H,3-8H2,1-2H3;3-5H,2H2,1H3. The highest BCUT2D eigenvalue weighted by atomic mass is 35.5. The second-order valence-corrected chi connectivity index (χ2v) is 6.99. The van der Waals surface area contributed by atoms with Gasteiger partial charge in [0.2, 0.25) is 0 Å². The fraction of sp³-hybridized carbons (Fsp3) is 0.684. The number of benzene rings is 1. The van der Waals surface area contributed by atoms with E-state index in [2.05, 4.69) is 18.6 Å². The third-order valence-corrected chi connectivity index (χ3v) is 4.76. The van der Waals surface area contributed by atoms with E-state index in [-0.39, 0.29) is 10.8 Å². The van der Waals surface area contributed by atoms with E-state index in [4.69, 9.17) is 11.6 Å². The van der Waals surface area contributed by atoms with E-state index < -0.39 is 6.36 Å². The van der Waals surface area contributed by atoms with E-state index in [1.54, 1.807) is 6.07 Å². The molecule has 0 radical (unpaired) electrons. The first-order valence-corrected chi connectivity index (χ1v) is 9.17. The minimum Gasteiger partial charge on any atom is -0.404 e. The summed E-state index contributed by atoms with van der Waals surface area (Å²) in [6, 6.07) is 4.23. The first kappa shape index (κ1) is 21.1. The van der Waals surface area contributed by atoms with E-state index in [1.165, 1.54) is 50.7 Å². The Labute approximate surface area is 148 Å². The fourth-order valence-electron chi connectivity index (χ4n) is 3.00. The van der Waals surface area contributed by atoms with Crippen LogP contribution in [0.5, 0.6) is 5.75 Å². The van der Waals surface area contributed by atoms with Crippen molar-refractivity contribution in [3.8, 4) is 5.75 Å². The molecule has 1 aliphatic carbocycles. The topological polar surface area (TPSA) is 9.23 Å². The summed E-state index contributed by atoms with van der Waals surface area (Å²) in [4.78, 5) is 0. The van der Waals surface area contributed by atoms with Crippen molar-refractivity contribution >= 4 is 11.6 Å². The third kappa shape index (κ3) is 8.27. The molecule has 0 aliphatic heterocycles. The summed E-state index contributed by atoms with van der Waals surface area (Å²) in [7, 11) is 0. The quantitative estimate of drug-likeness (QED) is 0.540. The Balaban J connectivity index is 0.000000254. The van der Waals surface area contributed by atoms with Gasteiger partial charge in [0, 0.05) is 0 Å². The van der Waals surface area contributed by atoms with Crippen LogP contribution in [0.3, 0.4) is 0 Å². The Hall–Kier alpha value is -0.900. The van der Waals surface area contributed by atoms with Gasteiger partial charge < -0.3 is 4.74 Å². The van der Waals surface area contributed by atoms with E-state index >= 15 is 0 Å². The van der Waals surface area contributed by atoms with Gasteiger partial charge in [-0.15, -0.1) is 13.2 Å². The molecule has 0 aromatic heterocycles. The molecular weight excluding hydrogens is 337 g/mol. The van der Waals surface area contributed by atoms with Gasteiger partial charge in [-0.3, -0.25) is 0 Å². The molecule has 0 N–H and O–H groups in total. The van der Waals surface area contributed by atoms with Crippen molar-refractivity contribution in [1.29, 1.82) is 0 Å². The fourth-order valence-corrected chi connectivity index (χ4v) is 3.24. The van der Waals surface area contributed by atoms with Gasteiger partial charge in [0.05, 0.1) is 5.02 Å². The lowest BCUT2D eigenvalue weighted by Gasteiger charge is -2.25. The summed E-state index contributed by atoms with van der Waals surface area (Å²) >= 11 is 5.59. The highest BCUT2D eigenvalue weighted by molar-refractivity contribution is 6.32. The first-order chi connectivity index (χ1) is 11.2. The molecule has 0 spiro atoms. The Morgan fingerprint density at radius 3 is 2.21 bits per heavy atom. The Bertz CT molecular complexity index is 480. The molecule has 0 saturated heterocycles. The van der Waals surface area contributed by atoms with Crippen LogP contribution in [-0.2, 0) is 6.42 Å². The second kappa shape index (κ2) is 10.2. The lowest BCUT2D eigenvalue weighted by atomic mass is 9.81. The minimum absolute atomic E-state index is 0.0262. The number of hydrogen-bond donors (Lipinski definition) is 0. The molecule has 5 heteroatoms. The van der Waals surface area contributed by atoms with Gasteiger partial charge in [-0.2, -0.15) is 0 Å². The predicted molar refractivity (Wildman–Crippen MR) is 93.5 cm³/mol. The van der Waals surface area contributed by atoms with Crippen LogP contribution >= 0.6 is 11.6 Å². The molecule has 0 heterocycles. The largest absolute Gasteiger partial charge is 0.573 e. The van der Waals surface area contributed by atoms with Gasteiger partial charge in [0.1, 0.15) is 5.75 Å². The molecule has 0 amide bonds. The SMILES string of the molecule is CCCC1CCC(C)CC1.CCc1ccc(OC(F)(F)F)c(Cl)c1. The van der Waals surface area contributed by atoms with E-state index in [1.807, 2.05) is 6.92 Å². The molecule has 24 heavy (non-hydrogen) atoms. The number of ether oxygens (including phenoxy) is 1. The van der Waals surface area contributed by atoms with Crippen LogP contribution in [-0.4, -0.2) is 6.36 Å². The third-order valence-electron chi connectivity index (χ3n) is 4.46. The molecule has 0 atom stereocenters. The Morgan fingerprint density at radius 2 is 1.75 bits per heavy atom. The van der Waals surface area contributed by atoms with Crippen LogP contribution in [0.15, 0.2) is 18.2 Å². The van der Waals surface area contributed by atoms with Crippen LogP contribution in [0.1, 0.15) is 64.9 Å². The van der Waals surface area contributed by atoms with Crippen molar-refractivity contribution in [3.05, 3.63) is 28.8 Å². The molecule has 1 fully saturated rings. The highest BCUT2D eigenvalue weighted by Gasteiger charge is 2.31. The molecule has 0 bridgehead atoms. The average Bonchev–Trinajstić information content (AvgIpc) is 2.51. The van der Waals surface area contributed by atoms with Crippen LogP contribution in [0.4, 0.5) is 13.2 Å². The number of aryl methyl sites for hydroxylation is 1. The van der Waals surface area contributed by atoms with Gasteiger partial charge in [-0.25, -0.2) is 0 Å². The predicted octanol–water partition coefficient (Wildman–Crippen LogP) is 7.41. The molecular formula is C19H28ClF3O. The van der Waals surface area contributed by atoms with Crippen molar-refractivity contribution in [2.45, 2.75) is 72.1 Å². The minimum atomic E-state index is -4.70. The smallest absolute Gasteiger partial charge is 0.404 e. The number of rotatable bonds is 4. The molecule has 1 aromatic rings. The van der Waals surface area contributed by atoms with Crippen molar-refractivity contribution in [2.75, 3.05) is 0 Å². The maximum absolute atomic E-state index is 11.8. The Morgan fingerprint density at radius 1 is 1.12 bits per heavy atom. The average molecular weight is 365 g/mol. The molecule has 1 nitrogen and oxygen atoms in total. The summed E-state index contributed by atoms with van der Waals surface area (Å²) in [5.41, 5.74) is 0.865. The van der Waals surface area contributed by atoms with Crippen molar-refractivity contribution in [2.24, 2.45) is 11.8 Å². The van der Waals surface area contributed by atoms with Crippen LogP contribution in [0.25, 0.3) is 0 Å². The molecule has 1 saturated carbocycles. The first-order valence-electron chi connectivity index (χ1n) is 8.79. The van der Waals surface area contributed by atoms with Gasteiger partial charge in [-0.1, -0.05) is 77.0 Å². The molecule has 138 valence electrons. The number of alkyl halides is 3. The van der Waals surface area contributed by atoms with Gasteiger partial charge in [0.25, 0.3) is 0 Å². The molecule has 0 unspecified atom stereocenters. The monoisotopic (exact) mass is 364 g/mol. The van der Waals surface area contributed by atoms with Gasteiger partial charge in [0.15, 0.2) is 0 Å². The summed E-state index contributed by atoms with van der Waals surface area (Å²) in [5, 5.41) is -0.0262. The van der Waals surface area contributed by atoms with Crippen LogP contribution < -0.4 is 4.74 Å². The Kier molecular flexibility index (Phi) is 8.96. The zero-order valence-corrected chi connectivity index (χ0v) is 15.5. The van der Waals surface area contributed by atoms with Gasteiger partial charge >= 0.3 is 6.36 Å². The van der Waals surface area contributed by atoms with Gasteiger partial charge in [-0.05, 0) is 36.0 Å². The summed E-state index contributed by atoms with van der Waals surface area (Å²) in [6.07, 6.45) is 4.88. The van der Waals surface area contributed by atoms with Crippen molar-refractivity contribution in [1.82, 2.24) is 0 Å². The zero-order valence-electron chi connectivity index (χ0n) is 14.8. The summed E-state index contributed by atoms with van der Waals surface area (Å²) < 4.78 is 39.2. The van der Waals surface area contributed by atoms with Crippen molar-refractivity contribution < 1.29 is 17.9 Å². The van der Waals surface area contributed by atoms with Crippen LogP contribution in [0.2, 0.25) is 5.02 Å². The maximum atomic E-state index is 11.8. The van der Waals surface area contributed by atoms with E-state index in [0.717, 1.165) is 17.4 Å². The molecule has 1 aliphatic rings. The van der Waals surface area contributed by atoms with Crippen molar-refractivity contribution in [3.63, 3.8) is 0 Å². The second-order valence-electron chi connectivity index (χ2n) is 6.58. The molecule has 2 rings (SSSR count). The van der Waals surface area contributed by atoms with Crippen LogP contribution in [0, 0.1) is 11.8 Å². The maximum Gasteiger partial charge on any atom is 0.573 e. The summed E-state index contributed by atoms with van der Waals surface area (Å²) in [6.45, 7) is 6.58.